The van der Waals surface area contributed by atoms with E-state index in [1.54, 1.807) is 18.2 Å². The Hall–Kier alpha value is -3.35. The van der Waals surface area contributed by atoms with Crippen LogP contribution in [0.15, 0.2) is 46.9 Å². The van der Waals surface area contributed by atoms with Gasteiger partial charge in [-0.3, -0.25) is 4.79 Å². The molecule has 4 rings (SSSR count). The van der Waals surface area contributed by atoms with Gasteiger partial charge in [-0.1, -0.05) is 12.1 Å². The molecule has 1 aromatic heterocycles. The molecule has 1 aliphatic rings. The molecule has 31 heavy (non-hydrogen) atoms. The molecular weight excluding hydrogens is 401 g/mol. The van der Waals surface area contributed by atoms with Crippen LogP contribution in [0.3, 0.4) is 0 Å². The number of fused-ring (bicyclic) bond motifs is 3. The molecule has 1 heterocycles. The van der Waals surface area contributed by atoms with Crippen molar-refractivity contribution in [3.8, 4) is 5.75 Å². The van der Waals surface area contributed by atoms with Crippen molar-refractivity contribution in [1.82, 2.24) is 5.32 Å². The summed E-state index contributed by atoms with van der Waals surface area (Å²) in [5.74, 6) is 0.279. The lowest BCUT2D eigenvalue weighted by atomic mass is 9.96. The van der Waals surface area contributed by atoms with E-state index < -0.39 is 11.9 Å². The highest BCUT2D eigenvalue weighted by molar-refractivity contribution is 5.84. The number of hydrogen-bond acceptors (Lipinski definition) is 5. The first-order chi connectivity index (χ1) is 15.1. The number of furan rings is 1. The Morgan fingerprint density at radius 3 is 2.68 bits per heavy atom. The molecular formula is C24H24FNO5. The predicted octanol–water partition coefficient (Wildman–Crippen LogP) is 3.73. The zero-order valence-corrected chi connectivity index (χ0v) is 17.1. The fourth-order valence-electron chi connectivity index (χ4n) is 3.71. The molecule has 0 fully saturated rings. The summed E-state index contributed by atoms with van der Waals surface area (Å²) < 4.78 is 29.3. The van der Waals surface area contributed by atoms with Gasteiger partial charge in [0.05, 0.1) is 0 Å². The molecule has 1 aliphatic carbocycles. The third-order valence-electron chi connectivity index (χ3n) is 5.30. The van der Waals surface area contributed by atoms with E-state index in [-0.39, 0.29) is 19.0 Å². The van der Waals surface area contributed by atoms with Gasteiger partial charge < -0.3 is 19.2 Å². The molecule has 162 valence electrons. The Kier molecular flexibility index (Phi) is 6.50. The fraction of sp³-hybridized carbons (Fsp3) is 0.333. The maximum atomic E-state index is 12.9. The number of rotatable bonds is 8. The van der Waals surface area contributed by atoms with Crippen LogP contribution in [-0.2, 0) is 33.6 Å². The monoisotopic (exact) mass is 425 g/mol. The Bertz CT molecular complexity index is 1070. The lowest BCUT2D eigenvalue weighted by molar-refractivity contribution is -0.150. The Morgan fingerprint density at radius 2 is 1.84 bits per heavy atom. The number of halogens is 1. The molecule has 0 saturated carbocycles. The van der Waals surface area contributed by atoms with Crippen LogP contribution >= 0.6 is 0 Å². The van der Waals surface area contributed by atoms with Gasteiger partial charge in [-0.15, -0.1) is 0 Å². The van der Waals surface area contributed by atoms with E-state index in [2.05, 4.69) is 5.32 Å². The number of nitrogens with one attached hydrogen (secondary N) is 1. The van der Waals surface area contributed by atoms with Gasteiger partial charge in [0.15, 0.2) is 13.2 Å². The third-order valence-corrected chi connectivity index (χ3v) is 5.30. The zero-order valence-electron chi connectivity index (χ0n) is 17.1. The molecule has 0 aliphatic heterocycles. The molecule has 6 nitrogen and oxygen atoms in total. The molecule has 0 bridgehead atoms. The lowest BCUT2D eigenvalue weighted by Gasteiger charge is -2.09. The summed E-state index contributed by atoms with van der Waals surface area (Å²) in [6, 6.07) is 11.6. The van der Waals surface area contributed by atoms with Crippen LogP contribution in [0.4, 0.5) is 4.39 Å². The number of benzene rings is 2. The molecule has 0 unspecified atom stereocenters. The molecule has 0 spiro atoms. The van der Waals surface area contributed by atoms with E-state index in [0.717, 1.165) is 48.0 Å². The minimum absolute atomic E-state index is 0.283. The summed E-state index contributed by atoms with van der Waals surface area (Å²) in [6.07, 6.45) is 4.79. The van der Waals surface area contributed by atoms with E-state index >= 15 is 0 Å². The number of esters is 1. The van der Waals surface area contributed by atoms with Crippen molar-refractivity contribution in [3.05, 3.63) is 65.2 Å². The predicted molar refractivity (Wildman–Crippen MR) is 112 cm³/mol. The molecule has 1 N–H and O–H groups in total. The Balaban J connectivity index is 1.19. The number of ether oxygens (including phenoxy) is 2. The topological polar surface area (TPSA) is 77.8 Å². The normalized spacial score (nSPS) is 12.9. The van der Waals surface area contributed by atoms with Gasteiger partial charge in [-0.2, -0.15) is 0 Å². The maximum absolute atomic E-state index is 12.9. The molecule has 0 radical (unpaired) electrons. The first kappa shape index (κ1) is 20.9. The summed E-state index contributed by atoms with van der Waals surface area (Å²) in [5, 5.41) is 3.69. The van der Waals surface area contributed by atoms with Crippen LogP contribution in [0.25, 0.3) is 11.0 Å². The molecule has 7 heteroatoms. The average molecular weight is 425 g/mol. The van der Waals surface area contributed by atoms with Crippen molar-refractivity contribution >= 4 is 22.8 Å². The summed E-state index contributed by atoms with van der Waals surface area (Å²) in [4.78, 5) is 23.7. The SMILES string of the molecule is O=C(COC(=O)COc1ccc2oc3c(c2c1)CCCC3)NCCc1ccc(F)cc1. The van der Waals surface area contributed by atoms with Crippen molar-refractivity contribution < 1.29 is 27.9 Å². The van der Waals surface area contributed by atoms with Gasteiger partial charge in [0.25, 0.3) is 5.91 Å². The first-order valence-electron chi connectivity index (χ1n) is 10.4. The summed E-state index contributed by atoms with van der Waals surface area (Å²) in [5.41, 5.74) is 2.97. The van der Waals surface area contributed by atoms with E-state index in [4.69, 9.17) is 13.9 Å². The molecule has 2 aromatic carbocycles. The van der Waals surface area contributed by atoms with Crippen molar-refractivity contribution in [2.45, 2.75) is 32.1 Å². The summed E-state index contributed by atoms with van der Waals surface area (Å²) >= 11 is 0. The third kappa shape index (κ3) is 5.42. The maximum Gasteiger partial charge on any atom is 0.344 e. The molecule has 0 saturated heterocycles. The van der Waals surface area contributed by atoms with Crippen LogP contribution < -0.4 is 10.1 Å². The van der Waals surface area contributed by atoms with Crippen LogP contribution in [0.1, 0.15) is 29.7 Å². The summed E-state index contributed by atoms with van der Waals surface area (Å²) in [6.45, 7) is -0.290. The number of hydrogen-bond donors (Lipinski definition) is 1. The molecule has 1 amide bonds. The number of amides is 1. The van der Waals surface area contributed by atoms with Gasteiger partial charge >= 0.3 is 5.97 Å². The van der Waals surface area contributed by atoms with E-state index in [1.807, 2.05) is 12.1 Å². The Labute approximate surface area is 179 Å². The fourth-order valence-corrected chi connectivity index (χ4v) is 3.71. The van der Waals surface area contributed by atoms with Gasteiger partial charge in [0.2, 0.25) is 0 Å². The van der Waals surface area contributed by atoms with Crippen LogP contribution in [0.2, 0.25) is 0 Å². The second-order valence-electron chi connectivity index (χ2n) is 7.54. The molecule has 0 atom stereocenters. The Morgan fingerprint density at radius 1 is 1.03 bits per heavy atom. The number of carbonyl (C=O) groups is 2. The lowest BCUT2D eigenvalue weighted by Crippen LogP contribution is -2.31. The van der Waals surface area contributed by atoms with Crippen molar-refractivity contribution in [3.63, 3.8) is 0 Å². The molecule has 3 aromatic rings. The number of carbonyl (C=O) groups excluding carboxylic acids is 2. The van der Waals surface area contributed by atoms with Crippen LogP contribution in [0.5, 0.6) is 5.75 Å². The van der Waals surface area contributed by atoms with Crippen molar-refractivity contribution in [2.75, 3.05) is 19.8 Å². The number of aryl methyl sites for hydroxylation is 2. The second kappa shape index (κ2) is 9.64. The summed E-state index contributed by atoms with van der Waals surface area (Å²) in [7, 11) is 0. The highest BCUT2D eigenvalue weighted by atomic mass is 19.1. The van der Waals surface area contributed by atoms with E-state index in [1.165, 1.54) is 17.7 Å². The van der Waals surface area contributed by atoms with E-state index in [0.29, 0.717) is 18.7 Å². The van der Waals surface area contributed by atoms with E-state index in [9.17, 15) is 14.0 Å². The van der Waals surface area contributed by atoms with Crippen molar-refractivity contribution in [2.24, 2.45) is 0 Å². The standard InChI is InChI=1S/C24H24FNO5/c25-17-7-5-16(6-8-17)11-12-26-23(27)14-30-24(28)15-29-18-9-10-22-20(13-18)19-3-1-2-4-21(19)31-22/h5-10,13H,1-4,11-12,14-15H2,(H,26,27). The average Bonchev–Trinajstić information content (AvgIpc) is 3.15. The largest absolute Gasteiger partial charge is 0.482 e. The highest BCUT2D eigenvalue weighted by Gasteiger charge is 2.18. The van der Waals surface area contributed by atoms with Gasteiger partial charge in [0.1, 0.15) is 22.9 Å². The van der Waals surface area contributed by atoms with Gasteiger partial charge in [-0.05, 0) is 61.6 Å². The smallest absolute Gasteiger partial charge is 0.344 e. The first-order valence-corrected chi connectivity index (χ1v) is 10.4. The van der Waals surface area contributed by atoms with Gasteiger partial charge in [-0.25, -0.2) is 9.18 Å². The zero-order chi connectivity index (χ0) is 21.6. The van der Waals surface area contributed by atoms with Crippen LogP contribution in [0, 0.1) is 5.82 Å². The minimum atomic E-state index is -0.622. The quantitative estimate of drug-likeness (QED) is 0.557. The highest BCUT2D eigenvalue weighted by Crippen LogP contribution is 2.33. The van der Waals surface area contributed by atoms with Crippen molar-refractivity contribution in [1.29, 1.82) is 0 Å². The van der Waals surface area contributed by atoms with Crippen LogP contribution in [-0.4, -0.2) is 31.6 Å². The van der Waals surface area contributed by atoms with Gasteiger partial charge in [0, 0.05) is 23.9 Å². The second-order valence-corrected chi connectivity index (χ2v) is 7.54. The minimum Gasteiger partial charge on any atom is -0.482 e.